The lowest BCUT2D eigenvalue weighted by Crippen LogP contribution is -2.46. The number of nitrogens with zero attached hydrogens (tertiary/aromatic N) is 5. The van der Waals surface area contributed by atoms with Gasteiger partial charge in [0.05, 0.1) is 11.2 Å². The number of anilines is 1. The second-order valence-electron chi connectivity index (χ2n) is 7.94. The standard InChI is InChI=1S/C23H26ClN7O2/c24-16-5-8-19-18(14-16)21(28-23(27-19)29-22(25)26)15-3-6-17(7-4-15)31-12-10-30(11-13-31)9-1-2-20(32)33/h3-8,14H,1-2,9-13H2,(H,32,33)(H4,25,26,27,28,29). The van der Waals surface area contributed by atoms with Gasteiger partial charge >= 0.3 is 5.97 Å². The minimum absolute atomic E-state index is 0.105. The fraction of sp³-hybridized carbons (Fsp3) is 0.304. The van der Waals surface area contributed by atoms with E-state index in [-0.39, 0.29) is 18.3 Å². The number of carboxylic acid groups (broad SMARTS) is 1. The van der Waals surface area contributed by atoms with E-state index >= 15 is 0 Å². The smallest absolute Gasteiger partial charge is 0.303 e. The van der Waals surface area contributed by atoms with Crippen LogP contribution in [0, 0.1) is 0 Å². The molecule has 1 fully saturated rings. The SMILES string of the molecule is NC(N)=Nc1nc(-c2ccc(N3CCN(CCCC(=O)O)CC3)cc2)c2cc(Cl)ccc2n1. The van der Waals surface area contributed by atoms with Gasteiger partial charge in [-0.25, -0.2) is 9.97 Å². The molecule has 172 valence electrons. The number of carboxylic acids is 1. The van der Waals surface area contributed by atoms with Crippen molar-refractivity contribution in [1.82, 2.24) is 14.9 Å². The first-order chi connectivity index (χ1) is 15.9. The van der Waals surface area contributed by atoms with Gasteiger partial charge in [0.15, 0.2) is 5.96 Å². The second-order valence-corrected chi connectivity index (χ2v) is 8.38. The highest BCUT2D eigenvalue weighted by atomic mass is 35.5. The molecular weight excluding hydrogens is 442 g/mol. The first kappa shape index (κ1) is 22.8. The van der Waals surface area contributed by atoms with Gasteiger partial charge in [-0.05, 0) is 43.3 Å². The third kappa shape index (κ3) is 5.68. The molecule has 0 saturated carbocycles. The van der Waals surface area contributed by atoms with Gasteiger partial charge < -0.3 is 21.5 Å². The Hall–Kier alpha value is -3.43. The van der Waals surface area contributed by atoms with Gasteiger partial charge in [0, 0.05) is 54.3 Å². The average Bonchev–Trinajstić information content (AvgIpc) is 2.79. The van der Waals surface area contributed by atoms with E-state index in [0.717, 1.165) is 49.4 Å². The van der Waals surface area contributed by atoms with Crippen molar-refractivity contribution >= 4 is 46.1 Å². The Kier molecular flexibility index (Phi) is 6.90. The maximum absolute atomic E-state index is 10.7. The van der Waals surface area contributed by atoms with Crippen LogP contribution in [0.5, 0.6) is 0 Å². The van der Waals surface area contributed by atoms with Crippen molar-refractivity contribution in [3.8, 4) is 11.3 Å². The summed E-state index contributed by atoms with van der Waals surface area (Å²) in [6, 6.07) is 13.6. The third-order valence-electron chi connectivity index (χ3n) is 5.62. The predicted octanol–water partition coefficient (Wildman–Crippen LogP) is 2.84. The molecule has 1 aliphatic rings. The van der Waals surface area contributed by atoms with Crippen LogP contribution in [0.4, 0.5) is 11.6 Å². The fourth-order valence-electron chi connectivity index (χ4n) is 3.99. The Bertz CT molecular complexity index is 1170. The van der Waals surface area contributed by atoms with Crippen LogP contribution in [0.15, 0.2) is 47.5 Å². The summed E-state index contributed by atoms with van der Waals surface area (Å²) < 4.78 is 0. The Morgan fingerprint density at radius 3 is 2.45 bits per heavy atom. The number of benzene rings is 2. The van der Waals surface area contributed by atoms with Crippen LogP contribution < -0.4 is 16.4 Å². The van der Waals surface area contributed by atoms with Gasteiger partial charge in [0.25, 0.3) is 5.95 Å². The summed E-state index contributed by atoms with van der Waals surface area (Å²) in [7, 11) is 0. The zero-order valence-electron chi connectivity index (χ0n) is 18.1. The summed E-state index contributed by atoms with van der Waals surface area (Å²) in [6.45, 7) is 4.44. The molecule has 1 aromatic heterocycles. The number of carbonyl (C=O) groups is 1. The molecule has 0 atom stereocenters. The molecule has 2 aromatic carbocycles. The van der Waals surface area contributed by atoms with E-state index in [2.05, 4.69) is 36.9 Å². The number of fused-ring (bicyclic) bond motifs is 1. The number of guanidine groups is 1. The molecule has 33 heavy (non-hydrogen) atoms. The maximum Gasteiger partial charge on any atom is 0.303 e. The Morgan fingerprint density at radius 1 is 1.06 bits per heavy atom. The van der Waals surface area contributed by atoms with Crippen molar-refractivity contribution in [2.75, 3.05) is 37.6 Å². The van der Waals surface area contributed by atoms with E-state index < -0.39 is 5.97 Å². The monoisotopic (exact) mass is 467 g/mol. The van der Waals surface area contributed by atoms with Crippen LogP contribution in [-0.4, -0.2) is 64.6 Å². The van der Waals surface area contributed by atoms with Crippen LogP contribution in [0.2, 0.25) is 5.02 Å². The van der Waals surface area contributed by atoms with E-state index in [9.17, 15) is 4.79 Å². The number of aliphatic carboxylic acids is 1. The van der Waals surface area contributed by atoms with Gasteiger partial charge in [-0.15, -0.1) is 0 Å². The van der Waals surface area contributed by atoms with Gasteiger partial charge in [-0.3, -0.25) is 9.69 Å². The quantitative estimate of drug-likeness (QED) is 0.356. The molecule has 5 N–H and O–H groups in total. The van der Waals surface area contributed by atoms with E-state index in [0.29, 0.717) is 22.7 Å². The molecule has 2 heterocycles. The van der Waals surface area contributed by atoms with Crippen LogP contribution in [0.3, 0.4) is 0 Å². The second kappa shape index (κ2) is 10.0. The highest BCUT2D eigenvalue weighted by Crippen LogP contribution is 2.31. The number of aliphatic imine (C=N–C) groups is 1. The number of rotatable bonds is 7. The van der Waals surface area contributed by atoms with Gasteiger partial charge in [-0.1, -0.05) is 23.7 Å². The summed E-state index contributed by atoms with van der Waals surface area (Å²) in [5.74, 6) is -0.646. The molecule has 3 aromatic rings. The van der Waals surface area contributed by atoms with E-state index in [1.54, 1.807) is 6.07 Å². The minimum atomic E-state index is -0.738. The van der Waals surface area contributed by atoms with Crippen molar-refractivity contribution < 1.29 is 9.90 Å². The number of hydrogen-bond donors (Lipinski definition) is 3. The van der Waals surface area contributed by atoms with Crippen molar-refractivity contribution in [2.45, 2.75) is 12.8 Å². The van der Waals surface area contributed by atoms with E-state index in [4.69, 9.17) is 28.2 Å². The largest absolute Gasteiger partial charge is 0.481 e. The molecule has 0 bridgehead atoms. The first-order valence-electron chi connectivity index (χ1n) is 10.8. The summed E-state index contributed by atoms with van der Waals surface area (Å²) in [6.07, 6.45) is 0.901. The van der Waals surface area contributed by atoms with Crippen LogP contribution in [0.25, 0.3) is 22.2 Å². The van der Waals surface area contributed by atoms with Crippen molar-refractivity contribution in [3.63, 3.8) is 0 Å². The summed E-state index contributed by atoms with van der Waals surface area (Å²) >= 11 is 6.23. The summed E-state index contributed by atoms with van der Waals surface area (Å²) in [5.41, 5.74) is 14.5. The molecule has 0 amide bonds. The fourth-order valence-corrected chi connectivity index (χ4v) is 4.16. The maximum atomic E-state index is 10.7. The van der Waals surface area contributed by atoms with Crippen LogP contribution in [-0.2, 0) is 4.79 Å². The molecule has 0 radical (unpaired) electrons. The number of nitrogens with two attached hydrogens (primary N) is 2. The third-order valence-corrected chi connectivity index (χ3v) is 5.85. The van der Waals surface area contributed by atoms with Crippen LogP contribution in [0.1, 0.15) is 12.8 Å². The molecule has 10 heteroatoms. The number of piperazine rings is 1. The number of hydrogen-bond acceptors (Lipinski definition) is 6. The minimum Gasteiger partial charge on any atom is -0.481 e. The Morgan fingerprint density at radius 2 is 1.79 bits per heavy atom. The zero-order chi connectivity index (χ0) is 23.4. The van der Waals surface area contributed by atoms with E-state index in [1.807, 2.05) is 24.3 Å². The van der Waals surface area contributed by atoms with Crippen LogP contribution >= 0.6 is 11.6 Å². The lowest BCUT2D eigenvalue weighted by Gasteiger charge is -2.36. The summed E-state index contributed by atoms with van der Waals surface area (Å²) in [5, 5.41) is 10.2. The van der Waals surface area contributed by atoms with Crippen molar-refractivity contribution in [3.05, 3.63) is 47.5 Å². The lowest BCUT2D eigenvalue weighted by atomic mass is 10.1. The highest BCUT2D eigenvalue weighted by molar-refractivity contribution is 6.31. The Labute approximate surface area is 196 Å². The Balaban J connectivity index is 1.52. The predicted molar refractivity (Wildman–Crippen MR) is 131 cm³/mol. The molecule has 0 spiro atoms. The zero-order valence-corrected chi connectivity index (χ0v) is 18.9. The summed E-state index contributed by atoms with van der Waals surface area (Å²) in [4.78, 5) is 28.3. The normalized spacial score (nSPS) is 14.4. The number of aromatic nitrogens is 2. The van der Waals surface area contributed by atoms with Gasteiger partial charge in [0.1, 0.15) is 0 Å². The molecule has 9 nitrogen and oxygen atoms in total. The van der Waals surface area contributed by atoms with E-state index in [1.165, 1.54) is 0 Å². The van der Waals surface area contributed by atoms with Gasteiger partial charge in [0.2, 0.25) is 0 Å². The molecule has 1 aliphatic heterocycles. The van der Waals surface area contributed by atoms with Crippen molar-refractivity contribution in [1.29, 1.82) is 0 Å². The lowest BCUT2D eigenvalue weighted by molar-refractivity contribution is -0.137. The molecule has 0 unspecified atom stereocenters. The molecule has 4 rings (SSSR count). The molecule has 0 aliphatic carbocycles. The van der Waals surface area contributed by atoms with Crippen molar-refractivity contribution in [2.24, 2.45) is 16.5 Å². The molecule has 1 saturated heterocycles. The first-order valence-corrected chi connectivity index (χ1v) is 11.1. The van der Waals surface area contributed by atoms with Gasteiger partial charge in [-0.2, -0.15) is 4.99 Å². The number of halogens is 1. The average molecular weight is 468 g/mol. The topological polar surface area (TPSA) is 134 Å². The molecular formula is C23H26ClN7O2. The highest BCUT2D eigenvalue weighted by Gasteiger charge is 2.18.